The molecule has 0 aromatic heterocycles. The average molecular weight is 208 g/mol. The molecule has 15 heavy (non-hydrogen) atoms. The predicted molar refractivity (Wildman–Crippen MR) is 58.1 cm³/mol. The number of nitrogens with zero attached hydrogens (tertiary/aromatic N) is 1. The topological polar surface area (TPSA) is 66.6 Å². The third-order valence-corrected chi connectivity index (χ3v) is 2.19. The number of benzene rings is 1. The van der Waals surface area contributed by atoms with Crippen LogP contribution in [0.4, 0.5) is 0 Å². The summed E-state index contributed by atoms with van der Waals surface area (Å²) >= 11 is 0. The van der Waals surface area contributed by atoms with Crippen molar-refractivity contribution in [3.05, 3.63) is 35.9 Å². The summed E-state index contributed by atoms with van der Waals surface area (Å²) in [4.78, 5) is 13.1. The second-order valence-electron chi connectivity index (χ2n) is 3.36. The standard InChI is InChI=1S/C11H16N2O2/c1-13(8-7-12)11(15)10(14)9-5-3-2-4-6-9/h2-6,10,14H,7-8,12H2,1H3. The molecule has 0 heterocycles. The van der Waals surface area contributed by atoms with Crippen molar-refractivity contribution in [2.75, 3.05) is 20.1 Å². The van der Waals surface area contributed by atoms with Gasteiger partial charge in [-0.3, -0.25) is 4.79 Å². The van der Waals surface area contributed by atoms with E-state index >= 15 is 0 Å². The van der Waals surface area contributed by atoms with Crippen molar-refractivity contribution in [1.82, 2.24) is 4.90 Å². The molecule has 4 heteroatoms. The van der Waals surface area contributed by atoms with E-state index in [2.05, 4.69) is 0 Å². The van der Waals surface area contributed by atoms with Gasteiger partial charge in [-0.1, -0.05) is 30.3 Å². The van der Waals surface area contributed by atoms with Gasteiger partial charge in [-0.05, 0) is 5.56 Å². The Kier molecular flexibility index (Phi) is 4.27. The zero-order valence-electron chi connectivity index (χ0n) is 8.76. The number of nitrogens with two attached hydrogens (primary N) is 1. The van der Waals surface area contributed by atoms with E-state index in [4.69, 9.17) is 5.73 Å². The van der Waals surface area contributed by atoms with Crippen LogP contribution in [0.25, 0.3) is 0 Å². The summed E-state index contributed by atoms with van der Waals surface area (Å²) in [7, 11) is 1.63. The van der Waals surface area contributed by atoms with Crippen LogP contribution in [0.5, 0.6) is 0 Å². The maximum absolute atomic E-state index is 11.7. The molecular formula is C11H16N2O2. The molecule has 0 saturated heterocycles. The minimum Gasteiger partial charge on any atom is -0.378 e. The molecule has 3 N–H and O–H groups in total. The maximum Gasteiger partial charge on any atom is 0.255 e. The molecule has 0 aliphatic carbocycles. The third-order valence-electron chi connectivity index (χ3n) is 2.19. The molecule has 1 rings (SSSR count). The Labute approximate surface area is 89.3 Å². The summed E-state index contributed by atoms with van der Waals surface area (Å²) in [5, 5.41) is 9.75. The lowest BCUT2D eigenvalue weighted by Crippen LogP contribution is -2.35. The molecule has 1 aromatic carbocycles. The average Bonchev–Trinajstić information content (AvgIpc) is 2.28. The zero-order valence-corrected chi connectivity index (χ0v) is 8.76. The van der Waals surface area contributed by atoms with Gasteiger partial charge in [0.05, 0.1) is 0 Å². The maximum atomic E-state index is 11.7. The predicted octanol–water partition coefficient (Wildman–Crippen LogP) is 0.137. The number of rotatable bonds is 4. The number of aliphatic hydroxyl groups is 1. The van der Waals surface area contributed by atoms with Gasteiger partial charge in [0, 0.05) is 20.1 Å². The molecule has 0 radical (unpaired) electrons. The van der Waals surface area contributed by atoms with Gasteiger partial charge < -0.3 is 15.7 Å². The van der Waals surface area contributed by atoms with Gasteiger partial charge in [0.15, 0.2) is 6.10 Å². The van der Waals surface area contributed by atoms with Gasteiger partial charge in [-0.25, -0.2) is 0 Å². The summed E-state index contributed by atoms with van der Waals surface area (Å²) < 4.78 is 0. The molecule has 0 fully saturated rings. The monoisotopic (exact) mass is 208 g/mol. The number of aliphatic hydroxyl groups excluding tert-OH is 1. The highest BCUT2D eigenvalue weighted by Gasteiger charge is 2.20. The number of likely N-dealkylation sites (N-methyl/N-ethyl adjacent to an activating group) is 1. The number of carbonyl (C=O) groups is 1. The quantitative estimate of drug-likeness (QED) is 0.739. The highest BCUT2D eigenvalue weighted by molar-refractivity contribution is 5.81. The second kappa shape index (κ2) is 5.48. The Morgan fingerprint density at radius 3 is 2.60 bits per heavy atom. The van der Waals surface area contributed by atoms with Crippen molar-refractivity contribution in [2.45, 2.75) is 6.10 Å². The van der Waals surface area contributed by atoms with Crippen LogP contribution in [0.15, 0.2) is 30.3 Å². The van der Waals surface area contributed by atoms with E-state index in [1.165, 1.54) is 4.90 Å². The van der Waals surface area contributed by atoms with E-state index in [1.54, 1.807) is 31.3 Å². The first-order valence-electron chi connectivity index (χ1n) is 4.85. The second-order valence-corrected chi connectivity index (χ2v) is 3.36. The lowest BCUT2D eigenvalue weighted by atomic mass is 10.1. The van der Waals surface area contributed by atoms with Gasteiger partial charge in [-0.2, -0.15) is 0 Å². The molecule has 1 unspecified atom stereocenters. The summed E-state index contributed by atoms with van der Waals surface area (Å²) in [5.74, 6) is -0.327. The fourth-order valence-corrected chi connectivity index (χ4v) is 1.29. The molecule has 4 nitrogen and oxygen atoms in total. The first kappa shape index (κ1) is 11.7. The SMILES string of the molecule is CN(CCN)C(=O)C(O)c1ccccc1. The van der Waals surface area contributed by atoms with Crippen molar-refractivity contribution in [3.63, 3.8) is 0 Å². The van der Waals surface area contributed by atoms with E-state index in [1.807, 2.05) is 6.07 Å². The smallest absolute Gasteiger partial charge is 0.255 e. The zero-order chi connectivity index (χ0) is 11.3. The van der Waals surface area contributed by atoms with Crippen molar-refractivity contribution in [2.24, 2.45) is 5.73 Å². The Bertz CT molecular complexity index is 314. The number of hydrogen-bond donors (Lipinski definition) is 2. The lowest BCUT2D eigenvalue weighted by Gasteiger charge is -2.19. The minimum absolute atomic E-state index is 0.327. The largest absolute Gasteiger partial charge is 0.378 e. The first-order valence-corrected chi connectivity index (χ1v) is 4.85. The van der Waals surface area contributed by atoms with Crippen LogP contribution in [0.2, 0.25) is 0 Å². The summed E-state index contributed by atoms with van der Waals surface area (Å²) in [5.41, 5.74) is 5.93. The first-order chi connectivity index (χ1) is 7.16. The lowest BCUT2D eigenvalue weighted by molar-refractivity contribution is -0.139. The van der Waals surface area contributed by atoms with E-state index in [0.29, 0.717) is 18.7 Å². The van der Waals surface area contributed by atoms with Gasteiger partial charge in [0.2, 0.25) is 0 Å². The summed E-state index contributed by atoms with van der Waals surface area (Å²) in [6.07, 6.45) is -1.09. The molecule has 0 bridgehead atoms. The molecule has 82 valence electrons. The highest BCUT2D eigenvalue weighted by atomic mass is 16.3. The third kappa shape index (κ3) is 3.04. The van der Waals surface area contributed by atoms with E-state index < -0.39 is 6.10 Å². The Hall–Kier alpha value is -1.39. The highest BCUT2D eigenvalue weighted by Crippen LogP contribution is 2.13. The fraction of sp³-hybridized carbons (Fsp3) is 0.364. The summed E-state index contributed by atoms with van der Waals surface area (Å²) in [6.45, 7) is 0.840. The van der Waals surface area contributed by atoms with Crippen LogP contribution in [-0.2, 0) is 4.79 Å². The Morgan fingerprint density at radius 1 is 1.47 bits per heavy atom. The van der Waals surface area contributed by atoms with Crippen molar-refractivity contribution in [3.8, 4) is 0 Å². The van der Waals surface area contributed by atoms with Gasteiger partial charge in [0.1, 0.15) is 0 Å². The minimum atomic E-state index is -1.09. The molecular weight excluding hydrogens is 192 g/mol. The van der Waals surface area contributed by atoms with E-state index in [9.17, 15) is 9.90 Å². The molecule has 0 aliphatic rings. The van der Waals surface area contributed by atoms with Gasteiger partial charge in [0.25, 0.3) is 5.91 Å². The molecule has 1 aromatic rings. The van der Waals surface area contributed by atoms with Crippen LogP contribution in [0.1, 0.15) is 11.7 Å². The van der Waals surface area contributed by atoms with Crippen molar-refractivity contribution in [1.29, 1.82) is 0 Å². The van der Waals surface area contributed by atoms with E-state index in [-0.39, 0.29) is 5.91 Å². The Morgan fingerprint density at radius 2 is 2.07 bits per heavy atom. The molecule has 0 saturated carbocycles. The molecule has 0 spiro atoms. The number of amides is 1. The van der Waals surface area contributed by atoms with Crippen LogP contribution in [0.3, 0.4) is 0 Å². The van der Waals surface area contributed by atoms with Crippen molar-refractivity contribution < 1.29 is 9.90 Å². The van der Waals surface area contributed by atoms with Crippen molar-refractivity contribution >= 4 is 5.91 Å². The molecule has 0 aliphatic heterocycles. The summed E-state index contributed by atoms with van der Waals surface area (Å²) in [6, 6.07) is 8.85. The molecule has 1 atom stereocenters. The Balaban J connectivity index is 2.69. The molecule has 1 amide bonds. The fourth-order valence-electron chi connectivity index (χ4n) is 1.29. The van der Waals surface area contributed by atoms with Gasteiger partial charge in [-0.15, -0.1) is 0 Å². The van der Waals surface area contributed by atoms with E-state index in [0.717, 1.165) is 0 Å². The van der Waals surface area contributed by atoms with Gasteiger partial charge >= 0.3 is 0 Å². The van der Waals surface area contributed by atoms with Crippen LogP contribution < -0.4 is 5.73 Å². The normalized spacial score (nSPS) is 12.2. The number of hydrogen-bond acceptors (Lipinski definition) is 3. The van der Waals surface area contributed by atoms with Crippen LogP contribution >= 0.6 is 0 Å². The number of carbonyl (C=O) groups excluding carboxylic acids is 1. The van der Waals surface area contributed by atoms with Crippen LogP contribution in [0, 0.1) is 0 Å². The van der Waals surface area contributed by atoms with Crippen LogP contribution in [-0.4, -0.2) is 36.1 Å².